The van der Waals surface area contributed by atoms with Crippen molar-refractivity contribution in [2.24, 2.45) is 0 Å². The maximum Gasteiger partial charge on any atom is 0.272 e. The summed E-state index contributed by atoms with van der Waals surface area (Å²) in [5.74, 6) is -0.282. The smallest absolute Gasteiger partial charge is 0.272 e. The molecule has 1 N–H and O–H groups in total. The minimum atomic E-state index is -0.433. The number of halogens is 1. The maximum absolute atomic E-state index is 13.4. The van der Waals surface area contributed by atoms with Crippen molar-refractivity contribution in [1.82, 2.24) is 9.47 Å². The highest BCUT2D eigenvalue weighted by Crippen LogP contribution is 2.27. The van der Waals surface area contributed by atoms with Gasteiger partial charge >= 0.3 is 0 Å². The molecule has 5 rings (SSSR count). The first-order valence-electron chi connectivity index (χ1n) is 11.7. The lowest BCUT2D eigenvalue weighted by atomic mass is 10.2. The molecule has 0 atom stereocenters. The van der Waals surface area contributed by atoms with E-state index in [0.29, 0.717) is 28.3 Å². The minimum Gasteiger partial charge on any atom is -0.369 e. The summed E-state index contributed by atoms with van der Waals surface area (Å²) in [7, 11) is 2.13. The van der Waals surface area contributed by atoms with E-state index in [1.54, 1.807) is 24.3 Å². The molecule has 3 aromatic carbocycles. The van der Waals surface area contributed by atoms with E-state index in [-0.39, 0.29) is 11.6 Å². The predicted molar refractivity (Wildman–Crippen MR) is 143 cm³/mol. The summed E-state index contributed by atoms with van der Waals surface area (Å²) in [5.41, 5.74) is 3.92. The highest BCUT2D eigenvalue weighted by Gasteiger charge is 2.19. The molecule has 0 bridgehead atoms. The van der Waals surface area contributed by atoms with Crippen LogP contribution in [0.1, 0.15) is 16.1 Å². The zero-order chi connectivity index (χ0) is 25.2. The van der Waals surface area contributed by atoms with Crippen LogP contribution in [0.4, 0.5) is 17.1 Å². The molecule has 1 aliphatic heterocycles. The second kappa shape index (κ2) is 10.0. The molecule has 1 aliphatic rings. The number of hydrogen-bond acceptors (Lipinski definition) is 5. The first kappa shape index (κ1) is 23.8. The van der Waals surface area contributed by atoms with Crippen LogP contribution in [0.15, 0.2) is 72.8 Å². The molecule has 2 heterocycles. The summed E-state index contributed by atoms with van der Waals surface area (Å²) in [6.07, 6.45) is 0. The van der Waals surface area contributed by atoms with Gasteiger partial charge in [0.05, 0.1) is 4.92 Å². The van der Waals surface area contributed by atoms with E-state index >= 15 is 0 Å². The van der Waals surface area contributed by atoms with Crippen molar-refractivity contribution in [3.8, 4) is 0 Å². The molecular formula is C27H26ClN5O3. The molecule has 8 nitrogen and oxygen atoms in total. The average molecular weight is 504 g/mol. The summed E-state index contributed by atoms with van der Waals surface area (Å²) in [4.78, 5) is 28.9. The number of nitrogens with zero attached hydrogens (tertiary/aromatic N) is 4. The number of aromatic nitrogens is 1. The molecule has 0 aliphatic carbocycles. The van der Waals surface area contributed by atoms with Crippen molar-refractivity contribution in [2.45, 2.75) is 6.54 Å². The van der Waals surface area contributed by atoms with Gasteiger partial charge in [0.1, 0.15) is 5.69 Å². The number of likely N-dealkylation sites (N-methyl/N-ethyl adjacent to an activating group) is 1. The Bertz CT molecular complexity index is 1410. The third-order valence-electron chi connectivity index (χ3n) is 6.58. The normalized spacial score (nSPS) is 14.2. The van der Waals surface area contributed by atoms with E-state index in [1.807, 2.05) is 41.0 Å². The van der Waals surface area contributed by atoms with Gasteiger partial charge in [0.15, 0.2) is 0 Å². The van der Waals surface area contributed by atoms with E-state index in [0.717, 1.165) is 42.9 Å². The third kappa shape index (κ3) is 5.05. The van der Waals surface area contributed by atoms with Crippen LogP contribution in [0.25, 0.3) is 10.9 Å². The van der Waals surface area contributed by atoms with E-state index in [9.17, 15) is 14.9 Å². The maximum atomic E-state index is 13.4. The molecule has 4 aromatic rings. The summed E-state index contributed by atoms with van der Waals surface area (Å²) in [5, 5.41) is 15.5. The zero-order valence-electron chi connectivity index (χ0n) is 19.9. The zero-order valence-corrected chi connectivity index (χ0v) is 20.6. The second-order valence-electron chi connectivity index (χ2n) is 9.03. The number of nitro groups is 1. The van der Waals surface area contributed by atoms with E-state index < -0.39 is 4.92 Å². The fraction of sp³-hybridized carbons (Fsp3) is 0.222. The van der Waals surface area contributed by atoms with Crippen molar-refractivity contribution in [1.29, 1.82) is 0 Å². The highest BCUT2D eigenvalue weighted by molar-refractivity contribution is 6.30. The van der Waals surface area contributed by atoms with Gasteiger partial charge in [-0.3, -0.25) is 14.9 Å². The number of amides is 1. The van der Waals surface area contributed by atoms with Crippen molar-refractivity contribution < 1.29 is 9.72 Å². The van der Waals surface area contributed by atoms with Gasteiger partial charge in [-0.1, -0.05) is 23.7 Å². The van der Waals surface area contributed by atoms with Crippen LogP contribution in [-0.2, 0) is 6.54 Å². The number of fused-ring (bicyclic) bond motifs is 1. The van der Waals surface area contributed by atoms with Gasteiger partial charge in [-0.15, -0.1) is 0 Å². The molecule has 0 spiro atoms. The van der Waals surface area contributed by atoms with Crippen LogP contribution < -0.4 is 10.2 Å². The molecule has 1 aromatic heterocycles. The monoisotopic (exact) mass is 503 g/mol. The van der Waals surface area contributed by atoms with Gasteiger partial charge < -0.3 is 19.7 Å². The van der Waals surface area contributed by atoms with E-state index in [1.165, 1.54) is 12.1 Å². The molecule has 1 amide bonds. The Hall–Kier alpha value is -3.88. The number of benzene rings is 3. The van der Waals surface area contributed by atoms with Crippen molar-refractivity contribution in [2.75, 3.05) is 43.4 Å². The van der Waals surface area contributed by atoms with Gasteiger partial charge in [-0.05, 0) is 61.1 Å². The molecule has 1 fully saturated rings. The Morgan fingerprint density at radius 2 is 1.67 bits per heavy atom. The van der Waals surface area contributed by atoms with Gasteiger partial charge in [0, 0.05) is 72.2 Å². The quantitative estimate of drug-likeness (QED) is 0.287. The first-order chi connectivity index (χ1) is 17.4. The Balaban J connectivity index is 1.42. The largest absolute Gasteiger partial charge is 0.369 e. The third-order valence-corrected chi connectivity index (χ3v) is 6.83. The molecule has 0 unspecified atom stereocenters. The predicted octanol–water partition coefficient (Wildman–Crippen LogP) is 5.26. The van der Waals surface area contributed by atoms with Crippen LogP contribution in [0.2, 0.25) is 5.02 Å². The number of hydrogen-bond donors (Lipinski definition) is 1. The van der Waals surface area contributed by atoms with Gasteiger partial charge in [-0.25, -0.2) is 0 Å². The number of rotatable bonds is 6. The topological polar surface area (TPSA) is 83.7 Å². The number of carbonyl (C=O) groups excluding carboxylic acids is 1. The number of anilines is 2. The first-order valence-corrected chi connectivity index (χ1v) is 12.1. The van der Waals surface area contributed by atoms with Gasteiger partial charge in [0.25, 0.3) is 11.6 Å². The van der Waals surface area contributed by atoms with Crippen LogP contribution in [0.3, 0.4) is 0 Å². The van der Waals surface area contributed by atoms with Gasteiger partial charge in [0.2, 0.25) is 0 Å². The SMILES string of the molecule is CN1CCN(c2ccc(NC(=O)c3cc4cc([N+](=O)[O-])ccc4n3Cc3ccc(Cl)cc3)cc2)CC1. The van der Waals surface area contributed by atoms with E-state index in [4.69, 9.17) is 11.6 Å². The highest BCUT2D eigenvalue weighted by atomic mass is 35.5. The molecule has 184 valence electrons. The molecule has 36 heavy (non-hydrogen) atoms. The Kier molecular flexibility index (Phi) is 6.63. The van der Waals surface area contributed by atoms with Crippen LogP contribution >= 0.6 is 11.6 Å². The molecular weight excluding hydrogens is 478 g/mol. The Morgan fingerprint density at radius 1 is 0.972 bits per heavy atom. The average Bonchev–Trinajstić information content (AvgIpc) is 3.24. The number of piperazine rings is 1. The summed E-state index contributed by atoms with van der Waals surface area (Å²) in [6, 6.07) is 21.6. The van der Waals surface area contributed by atoms with Crippen molar-refractivity contribution in [3.05, 3.63) is 99.2 Å². The van der Waals surface area contributed by atoms with Crippen LogP contribution in [-0.4, -0.2) is 53.5 Å². The lowest BCUT2D eigenvalue weighted by Gasteiger charge is -2.34. The van der Waals surface area contributed by atoms with Gasteiger partial charge in [-0.2, -0.15) is 0 Å². The summed E-state index contributed by atoms with van der Waals surface area (Å²) in [6.45, 7) is 4.41. The van der Waals surface area contributed by atoms with E-state index in [2.05, 4.69) is 22.2 Å². The lowest BCUT2D eigenvalue weighted by Crippen LogP contribution is -2.44. The number of nitro benzene ring substituents is 1. The van der Waals surface area contributed by atoms with Crippen molar-refractivity contribution in [3.63, 3.8) is 0 Å². The Morgan fingerprint density at radius 3 is 2.33 bits per heavy atom. The lowest BCUT2D eigenvalue weighted by molar-refractivity contribution is -0.384. The fourth-order valence-electron chi connectivity index (χ4n) is 4.52. The standard InChI is InChI=1S/C27H26ClN5O3/c1-30-12-14-31(15-13-30)23-8-6-22(7-9-23)29-27(34)26-17-20-16-24(33(35)36)10-11-25(20)32(26)18-19-2-4-21(28)5-3-19/h2-11,16-17H,12-15,18H2,1H3,(H,29,34). The minimum absolute atomic E-state index is 0.0161. The molecule has 0 saturated carbocycles. The number of non-ortho nitro benzene ring substituents is 1. The fourth-order valence-corrected chi connectivity index (χ4v) is 4.64. The number of carbonyl (C=O) groups is 1. The summed E-state index contributed by atoms with van der Waals surface area (Å²) < 4.78 is 1.87. The summed E-state index contributed by atoms with van der Waals surface area (Å²) >= 11 is 6.03. The van der Waals surface area contributed by atoms with Crippen LogP contribution in [0.5, 0.6) is 0 Å². The Labute approximate surface area is 213 Å². The molecule has 9 heteroatoms. The second-order valence-corrected chi connectivity index (χ2v) is 9.47. The number of nitrogens with one attached hydrogen (secondary N) is 1. The molecule has 1 saturated heterocycles. The van der Waals surface area contributed by atoms with Crippen molar-refractivity contribution >= 4 is 45.5 Å². The molecule has 0 radical (unpaired) electrons. The van der Waals surface area contributed by atoms with Crippen LogP contribution in [0, 0.1) is 10.1 Å².